The van der Waals surface area contributed by atoms with Crippen LogP contribution in [0.25, 0.3) is 0 Å². The minimum Gasteiger partial charge on any atom is -0.271 e. The molecular weight excluding hydrogens is 184 g/mol. The summed E-state index contributed by atoms with van der Waals surface area (Å²) in [4.78, 5) is 0. The van der Waals surface area contributed by atoms with Gasteiger partial charge in [-0.2, -0.15) is 0 Å². The first kappa shape index (κ1) is 10.5. The van der Waals surface area contributed by atoms with E-state index < -0.39 is 0 Å². The Morgan fingerprint density at radius 3 is 2.77 bits per heavy atom. The van der Waals surface area contributed by atoms with E-state index in [0.29, 0.717) is 5.92 Å². The van der Waals surface area contributed by atoms with Crippen LogP contribution in [0.3, 0.4) is 0 Å². The summed E-state index contributed by atoms with van der Waals surface area (Å²) in [5.41, 5.74) is 4.98. The molecule has 0 fully saturated rings. The number of nitrogens with one attached hydrogen (secondary N) is 1. The lowest BCUT2D eigenvalue weighted by Gasteiger charge is -2.11. The van der Waals surface area contributed by atoms with Crippen molar-refractivity contribution < 1.29 is 0 Å². The SMILES string of the molecule is Cc1ccc(C(C)CNN)cc1Cl. The first-order valence-corrected chi connectivity index (χ1v) is 4.72. The molecule has 0 aliphatic heterocycles. The quantitative estimate of drug-likeness (QED) is 0.578. The van der Waals surface area contributed by atoms with Gasteiger partial charge < -0.3 is 0 Å². The van der Waals surface area contributed by atoms with E-state index in [4.69, 9.17) is 17.4 Å². The van der Waals surface area contributed by atoms with Gasteiger partial charge in [0.1, 0.15) is 0 Å². The van der Waals surface area contributed by atoms with E-state index in [-0.39, 0.29) is 0 Å². The largest absolute Gasteiger partial charge is 0.271 e. The molecule has 0 saturated carbocycles. The maximum atomic E-state index is 6.01. The Kier molecular flexibility index (Phi) is 3.72. The molecule has 13 heavy (non-hydrogen) atoms. The van der Waals surface area contributed by atoms with Gasteiger partial charge in [-0.3, -0.25) is 11.3 Å². The van der Waals surface area contributed by atoms with Crippen LogP contribution in [0.15, 0.2) is 18.2 Å². The van der Waals surface area contributed by atoms with Gasteiger partial charge in [-0.25, -0.2) is 0 Å². The van der Waals surface area contributed by atoms with Gasteiger partial charge in [-0.05, 0) is 30.0 Å². The third-order valence-electron chi connectivity index (χ3n) is 2.19. The number of benzene rings is 1. The summed E-state index contributed by atoms with van der Waals surface area (Å²) >= 11 is 6.01. The summed E-state index contributed by atoms with van der Waals surface area (Å²) < 4.78 is 0. The number of hydrazine groups is 1. The Morgan fingerprint density at radius 2 is 2.23 bits per heavy atom. The predicted molar refractivity (Wildman–Crippen MR) is 56.8 cm³/mol. The average molecular weight is 199 g/mol. The van der Waals surface area contributed by atoms with Gasteiger partial charge in [0.05, 0.1) is 0 Å². The van der Waals surface area contributed by atoms with Gasteiger partial charge in [0.15, 0.2) is 0 Å². The molecule has 0 radical (unpaired) electrons. The normalized spacial score (nSPS) is 12.9. The average Bonchev–Trinajstić information content (AvgIpc) is 2.10. The molecule has 0 aliphatic carbocycles. The first-order chi connectivity index (χ1) is 6.15. The Hall–Kier alpha value is -0.570. The van der Waals surface area contributed by atoms with Gasteiger partial charge in [0.25, 0.3) is 0 Å². The second kappa shape index (κ2) is 4.61. The molecule has 1 aromatic rings. The molecule has 0 spiro atoms. The Balaban J connectivity index is 2.84. The second-order valence-electron chi connectivity index (χ2n) is 3.32. The monoisotopic (exact) mass is 198 g/mol. The molecule has 72 valence electrons. The minimum absolute atomic E-state index is 0.392. The molecule has 1 aromatic carbocycles. The van der Waals surface area contributed by atoms with Crippen LogP contribution >= 0.6 is 11.6 Å². The number of aryl methyl sites for hydroxylation is 1. The van der Waals surface area contributed by atoms with Crippen LogP contribution in [-0.4, -0.2) is 6.54 Å². The smallest absolute Gasteiger partial charge is 0.0438 e. The van der Waals surface area contributed by atoms with Crippen molar-refractivity contribution in [1.29, 1.82) is 0 Å². The molecule has 1 rings (SSSR count). The summed E-state index contributed by atoms with van der Waals surface area (Å²) in [6.45, 7) is 4.87. The van der Waals surface area contributed by atoms with Gasteiger partial charge in [-0.15, -0.1) is 0 Å². The number of hydrogen-bond donors (Lipinski definition) is 2. The van der Waals surface area contributed by atoms with Crippen molar-refractivity contribution in [1.82, 2.24) is 5.43 Å². The molecule has 0 bridgehead atoms. The lowest BCUT2D eigenvalue weighted by atomic mass is 10.0. The number of halogens is 1. The molecule has 0 aliphatic rings. The van der Waals surface area contributed by atoms with Crippen molar-refractivity contribution in [2.24, 2.45) is 5.84 Å². The third-order valence-corrected chi connectivity index (χ3v) is 2.60. The van der Waals surface area contributed by atoms with E-state index in [1.165, 1.54) is 5.56 Å². The number of hydrogen-bond acceptors (Lipinski definition) is 2. The van der Waals surface area contributed by atoms with Crippen molar-refractivity contribution in [3.8, 4) is 0 Å². The molecule has 3 N–H and O–H groups in total. The van der Waals surface area contributed by atoms with Crippen LogP contribution in [0.5, 0.6) is 0 Å². The maximum Gasteiger partial charge on any atom is 0.0438 e. The summed E-state index contributed by atoms with van der Waals surface area (Å²) in [5.74, 6) is 5.64. The summed E-state index contributed by atoms with van der Waals surface area (Å²) in [7, 11) is 0. The molecule has 0 amide bonds. The van der Waals surface area contributed by atoms with Crippen molar-refractivity contribution in [2.45, 2.75) is 19.8 Å². The van der Waals surface area contributed by atoms with Gasteiger partial charge in [0, 0.05) is 11.6 Å². The van der Waals surface area contributed by atoms with E-state index >= 15 is 0 Å². The van der Waals surface area contributed by atoms with Crippen molar-refractivity contribution in [2.75, 3.05) is 6.54 Å². The Bertz CT molecular complexity index is 286. The highest BCUT2D eigenvalue weighted by atomic mass is 35.5. The highest BCUT2D eigenvalue weighted by Gasteiger charge is 2.05. The molecule has 0 saturated heterocycles. The van der Waals surface area contributed by atoms with Gasteiger partial charge >= 0.3 is 0 Å². The second-order valence-corrected chi connectivity index (χ2v) is 3.73. The highest BCUT2D eigenvalue weighted by Crippen LogP contribution is 2.21. The van der Waals surface area contributed by atoms with E-state index in [1.807, 2.05) is 19.1 Å². The Morgan fingerprint density at radius 1 is 1.54 bits per heavy atom. The first-order valence-electron chi connectivity index (χ1n) is 4.34. The zero-order valence-electron chi connectivity index (χ0n) is 7.97. The van der Waals surface area contributed by atoms with Crippen molar-refractivity contribution >= 4 is 11.6 Å². The summed E-state index contributed by atoms with van der Waals surface area (Å²) in [6.07, 6.45) is 0. The fourth-order valence-corrected chi connectivity index (χ4v) is 1.40. The van der Waals surface area contributed by atoms with Crippen LogP contribution in [0.1, 0.15) is 24.0 Å². The van der Waals surface area contributed by atoms with Crippen LogP contribution in [-0.2, 0) is 0 Å². The fourth-order valence-electron chi connectivity index (χ4n) is 1.21. The molecule has 0 aromatic heterocycles. The maximum absolute atomic E-state index is 6.01. The molecular formula is C10H15ClN2. The van der Waals surface area contributed by atoms with Crippen molar-refractivity contribution in [3.05, 3.63) is 34.3 Å². The standard InChI is InChI=1S/C10H15ClN2/c1-7-3-4-9(5-10(7)11)8(2)6-13-12/h3-5,8,13H,6,12H2,1-2H3. The van der Waals surface area contributed by atoms with Gasteiger partial charge in [0.2, 0.25) is 0 Å². The summed E-state index contributed by atoms with van der Waals surface area (Å²) in [5, 5.41) is 0.821. The Labute approximate surface area is 84.1 Å². The molecule has 1 atom stereocenters. The molecule has 1 unspecified atom stereocenters. The lowest BCUT2D eigenvalue weighted by molar-refractivity contribution is 0.640. The number of rotatable bonds is 3. The van der Waals surface area contributed by atoms with Gasteiger partial charge in [-0.1, -0.05) is 30.7 Å². The topological polar surface area (TPSA) is 38.0 Å². The van der Waals surface area contributed by atoms with E-state index in [0.717, 1.165) is 17.1 Å². The lowest BCUT2D eigenvalue weighted by Crippen LogP contribution is -2.26. The van der Waals surface area contributed by atoms with Crippen LogP contribution < -0.4 is 11.3 Å². The predicted octanol–water partition coefficient (Wildman–Crippen LogP) is 2.22. The van der Waals surface area contributed by atoms with E-state index in [1.54, 1.807) is 0 Å². The van der Waals surface area contributed by atoms with Crippen molar-refractivity contribution in [3.63, 3.8) is 0 Å². The highest BCUT2D eigenvalue weighted by molar-refractivity contribution is 6.31. The van der Waals surface area contributed by atoms with E-state index in [2.05, 4.69) is 18.4 Å². The number of nitrogens with two attached hydrogens (primary N) is 1. The third kappa shape index (κ3) is 2.69. The van der Waals surface area contributed by atoms with E-state index in [9.17, 15) is 0 Å². The zero-order valence-corrected chi connectivity index (χ0v) is 8.73. The van der Waals surface area contributed by atoms with Crippen LogP contribution in [0, 0.1) is 6.92 Å². The minimum atomic E-state index is 0.392. The van der Waals surface area contributed by atoms with Crippen LogP contribution in [0.2, 0.25) is 5.02 Å². The zero-order chi connectivity index (χ0) is 9.84. The summed E-state index contributed by atoms with van der Waals surface area (Å²) in [6, 6.07) is 6.12. The van der Waals surface area contributed by atoms with Crippen LogP contribution in [0.4, 0.5) is 0 Å². The fraction of sp³-hybridized carbons (Fsp3) is 0.400. The molecule has 0 heterocycles. The molecule has 3 heteroatoms. The molecule has 2 nitrogen and oxygen atoms in total.